The lowest BCUT2D eigenvalue weighted by Gasteiger charge is -2.35. The van der Waals surface area contributed by atoms with Crippen molar-refractivity contribution in [3.63, 3.8) is 0 Å². The number of aliphatic hydroxyl groups excluding tert-OH is 3. The molecule has 1 aliphatic rings. The number of halogens is 6. The number of carbonyl (C=O) groups is 2. The van der Waals surface area contributed by atoms with E-state index in [2.05, 4.69) is 9.98 Å². The van der Waals surface area contributed by atoms with Gasteiger partial charge in [0.05, 0.1) is 0 Å². The first-order valence-corrected chi connectivity index (χ1v) is 7.61. The molecule has 182 valence electrons. The van der Waals surface area contributed by atoms with E-state index in [-0.39, 0.29) is 18.3 Å². The maximum absolute atomic E-state index is 10.5. The molecule has 1 rings (SSSR count). The number of carboxylic acids is 2. The van der Waals surface area contributed by atoms with Crippen molar-refractivity contribution >= 4 is 23.9 Å². The van der Waals surface area contributed by atoms with Gasteiger partial charge in [-0.25, -0.2) is 0 Å². The fourth-order valence-electron chi connectivity index (χ4n) is 1.95. The zero-order chi connectivity index (χ0) is 25.3. The number of carbonyl (C=O) groups excluding carboxylic acids is 2. The Bertz CT molecular complexity index is 609. The topological polar surface area (TPSA) is 273 Å². The Labute approximate surface area is 168 Å². The van der Waals surface area contributed by atoms with E-state index in [1.54, 1.807) is 0 Å². The molecule has 0 aromatic carbocycles. The van der Waals surface area contributed by atoms with Crippen LogP contribution in [0.3, 0.4) is 0 Å². The van der Waals surface area contributed by atoms with Gasteiger partial charge in [-0.1, -0.05) is 0 Å². The number of nitrogens with two attached hydrogens (primary N) is 4. The molecule has 5 atom stereocenters. The SMILES string of the molecule is NC(N)=[NH+][C@H]1C[C@@H]([NH+]=C(N)N)[C@H](O)C(O)[C@@H]1O.O=C([O-])C(F)(F)F.O=C([O-])C(F)(F)F. The normalized spacial score (nSPS) is 25.5. The molecule has 0 saturated heterocycles. The van der Waals surface area contributed by atoms with Gasteiger partial charge >= 0.3 is 24.3 Å². The maximum atomic E-state index is 10.5. The fraction of sp³-hybridized carbons (Fsp3) is 0.667. The molecule has 1 saturated carbocycles. The van der Waals surface area contributed by atoms with Gasteiger partial charge in [-0.05, 0) is 0 Å². The Kier molecular flexibility index (Phi) is 11.6. The third-order valence-electron chi connectivity index (χ3n) is 3.20. The van der Waals surface area contributed by atoms with E-state index in [1.807, 2.05) is 0 Å². The quantitative estimate of drug-likeness (QED) is 0.103. The molecule has 0 bridgehead atoms. The third kappa shape index (κ3) is 12.3. The number of hydrogen-bond acceptors (Lipinski definition) is 7. The lowest BCUT2D eigenvalue weighted by molar-refractivity contribution is -0.575. The summed E-state index contributed by atoms with van der Waals surface area (Å²) in [6.07, 6.45) is -13.9. The molecule has 31 heavy (non-hydrogen) atoms. The minimum Gasteiger partial charge on any atom is -0.542 e. The van der Waals surface area contributed by atoms with Crippen LogP contribution in [0, 0.1) is 0 Å². The lowest BCUT2D eigenvalue weighted by atomic mass is 9.84. The molecule has 0 aromatic rings. The van der Waals surface area contributed by atoms with Crippen LogP contribution in [0.2, 0.25) is 0 Å². The molecule has 0 aromatic heterocycles. The molecule has 0 aliphatic heterocycles. The molecule has 13 N–H and O–H groups in total. The van der Waals surface area contributed by atoms with E-state index in [9.17, 15) is 41.7 Å². The summed E-state index contributed by atoms with van der Waals surface area (Å²) in [5.74, 6) is -6.18. The van der Waals surface area contributed by atoms with Crippen LogP contribution in [0.4, 0.5) is 26.3 Å². The first-order valence-electron chi connectivity index (χ1n) is 7.61. The molecule has 0 radical (unpaired) electrons. The standard InChI is InChI=1S/C8H18N6O3.2C2HF3O2/c9-7(10)13-2-1-3(14-8(11)12)5(16)6(17)4(2)15;2*3-2(4,5)1(6)7/h2-6,15-17H,1H2,(H4,9,10,13)(H4,11,12,14);2*(H,6,7)/t2-,3+,4+,5-,6?;;. The highest BCUT2D eigenvalue weighted by atomic mass is 19.4. The number of rotatable bonds is 2. The second-order valence-corrected chi connectivity index (χ2v) is 5.69. The van der Waals surface area contributed by atoms with Gasteiger partial charge in [0.25, 0.3) is 0 Å². The summed E-state index contributed by atoms with van der Waals surface area (Å²) in [5.41, 5.74) is 21.1. The smallest absolute Gasteiger partial charge is 0.430 e. The van der Waals surface area contributed by atoms with Gasteiger partial charge in [-0.3, -0.25) is 32.9 Å². The van der Waals surface area contributed by atoms with Crippen molar-refractivity contribution in [3.8, 4) is 0 Å². The monoisotopic (exact) mass is 474 g/mol. The van der Waals surface area contributed by atoms with Crippen LogP contribution in [0.5, 0.6) is 0 Å². The van der Waals surface area contributed by atoms with Crippen molar-refractivity contribution in [2.45, 2.75) is 49.2 Å². The van der Waals surface area contributed by atoms with Crippen LogP contribution in [-0.2, 0) is 9.59 Å². The van der Waals surface area contributed by atoms with Gasteiger partial charge in [0.15, 0.2) is 0 Å². The summed E-state index contributed by atoms with van der Waals surface area (Å²) in [4.78, 5) is 22.8. The van der Waals surface area contributed by atoms with Crippen LogP contribution in [0.25, 0.3) is 0 Å². The molecule has 13 nitrogen and oxygen atoms in total. The van der Waals surface area contributed by atoms with Gasteiger partial charge in [-0.15, -0.1) is 0 Å². The first kappa shape index (κ1) is 30.1. The van der Waals surface area contributed by atoms with Gasteiger partial charge < -0.3 is 35.1 Å². The van der Waals surface area contributed by atoms with Crippen molar-refractivity contribution in [3.05, 3.63) is 0 Å². The number of alkyl halides is 6. The van der Waals surface area contributed by atoms with Gasteiger partial charge in [-0.2, -0.15) is 26.3 Å². The zero-order valence-electron chi connectivity index (χ0n) is 15.1. The average Bonchev–Trinajstić information content (AvgIpc) is 2.55. The molecule has 0 heterocycles. The molecule has 0 amide bonds. The first-order chi connectivity index (χ1) is 13.7. The molecule has 0 spiro atoms. The van der Waals surface area contributed by atoms with Crippen molar-refractivity contribution in [1.82, 2.24) is 0 Å². The molecular weight excluding hydrogens is 454 g/mol. The Balaban J connectivity index is 0. The minimum absolute atomic E-state index is 0.0823. The van der Waals surface area contributed by atoms with Crippen molar-refractivity contribution in [1.29, 1.82) is 0 Å². The second-order valence-electron chi connectivity index (χ2n) is 5.69. The number of aliphatic carboxylic acids is 2. The molecule has 1 fully saturated rings. The predicted molar refractivity (Wildman–Crippen MR) is 81.0 cm³/mol. The molecule has 19 heteroatoms. The number of aliphatic hydroxyl groups is 3. The van der Waals surface area contributed by atoms with Gasteiger partial charge in [0, 0.05) is 6.42 Å². The number of nitrogens with one attached hydrogen (secondary N) is 2. The summed E-state index contributed by atoms with van der Waals surface area (Å²) in [6.45, 7) is 0. The summed E-state index contributed by atoms with van der Waals surface area (Å²) in [5, 5.41) is 46.6. The van der Waals surface area contributed by atoms with Crippen LogP contribution in [0.1, 0.15) is 6.42 Å². The van der Waals surface area contributed by atoms with E-state index < -0.39 is 54.7 Å². The predicted octanol–water partition coefficient (Wildman–Crippen LogP) is -9.48. The maximum Gasteiger partial charge on any atom is 0.430 e. The van der Waals surface area contributed by atoms with E-state index in [1.165, 1.54) is 0 Å². The Morgan fingerprint density at radius 1 is 0.710 bits per heavy atom. The van der Waals surface area contributed by atoms with Gasteiger partial charge in [0.1, 0.15) is 42.3 Å². The summed E-state index contributed by atoms with van der Waals surface area (Å²) < 4.78 is 63.1. The van der Waals surface area contributed by atoms with Crippen molar-refractivity contribution in [2.24, 2.45) is 22.9 Å². The minimum atomic E-state index is -5.19. The number of carboxylic acid groups (broad SMARTS) is 2. The van der Waals surface area contributed by atoms with Crippen LogP contribution in [-0.4, -0.2) is 81.9 Å². The third-order valence-corrected chi connectivity index (χ3v) is 3.20. The fourth-order valence-corrected chi connectivity index (χ4v) is 1.95. The summed E-state index contributed by atoms with van der Waals surface area (Å²) >= 11 is 0. The highest BCUT2D eigenvalue weighted by Crippen LogP contribution is 2.16. The Hall–Kier alpha value is -3.06. The summed E-state index contributed by atoms with van der Waals surface area (Å²) in [7, 11) is 0. The highest BCUT2D eigenvalue weighted by Gasteiger charge is 2.44. The summed E-state index contributed by atoms with van der Waals surface area (Å²) in [6, 6.07) is -1.20. The van der Waals surface area contributed by atoms with E-state index in [4.69, 9.17) is 42.7 Å². The van der Waals surface area contributed by atoms with E-state index in [0.29, 0.717) is 0 Å². The second kappa shape index (κ2) is 12.0. The zero-order valence-corrected chi connectivity index (χ0v) is 15.1. The van der Waals surface area contributed by atoms with Crippen LogP contribution >= 0.6 is 0 Å². The molecule has 1 aliphatic carbocycles. The van der Waals surface area contributed by atoms with Crippen LogP contribution < -0.4 is 43.1 Å². The highest BCUT2D eigenvalue weighted by molar-refractivity contribution is 5.71. The van der Waals surface area contributed by atoms with E-state index in [0.717, 1.165) is 0 Å². The van der Waals surface area contributed by atoms with Crippen LogP contribution in [0.15, 0.2) is 0 Å². The van der Waals surface area contributed by atoms with Gasteiger partial charge in [0.2, 0.25) is 0 Å². The molecular formula is C12H20F6N6O7. The lowest BCUT2D eigenvalue weighted by Crippen LogP contribution is -2.95. The van der Waals surface area contributed by atoms with Crippen molar-refractivity contribution in [2.75, 3.05) is 0 Å². The largest absolute Gasteiger partial charge is 0.542 e. The Morgan fingerprint density at radius 3 is 1.10 bits per heavy atom. The Morgan fingerprint density at radius 2 is 0.935 bits per heavy atom. The average molecular weight is 474 g/mol. The van der Waals surface area contributed by atoms with Crippen molar-refractivity contribution < 1.29 is 71.4 Å². The number of guanidine groups is 2. The number of hydrogen-bond donors (Lipinski definition) is 9. The van der Waals surface area contributed by atoms with E-state index >= 15 is 0 Å². The molecule has 1 unspecified atom stereocenters.